The van der Waals surface area contributed by atoms with Gasteiger partial charge in [-0.1, -0.05) is 30.3 Å². The van der Waals surface area contributed by atoms with E-state index < -0.39 is 6.29 Å². The van der Waals surface area contributed by atoms with Crippen molar-refractivity contribution in [3.63, 3.8) is 0 Å². The van der Waals surface area contributed by atoms with Gasteiger partial charge in [-0.2, -0.15) is 0 Å². The molecule has 0 fully saturated rings. The summed E-state index contributed by atoms with van der Waals surface area (Å²) >= 11 is 0. The summed E-state index contributed by atoms with van der Waals surface area (Å²) in [6.45, 7) is 2.09. The van der Waals surface area contributed by atoms with Crippen LogP contribution in [-0.4, -0.2) is 31.2 Å². The quantitative estimate of drug-likeness (QED) is 0.725. The molecule has 0 aliphatic heterocycles. The number of hydrogen-bond acceptors (Lipinski definition) is 3. The maximum absolute atomic E-state index is 9.15. The van der Waals surface area contributed by atoms with Crippen LogP contribution in [0.5, 0.6) is 0 Å². The van der Waals surface area contributed by atoms with Crippen LogP contribution in [0.25, 0.3) is 0 Å². The monoisotopic (exact) mass is 210 g/mol. The van der Waals surface area contributed by atoms with E-state index >= 15 is 0 Å². The van der Waals surface area contributed by atoms with Crippen molar-refractivity contribution in [3.05, 3.63) is 35.9 Å². The first-order chi connectivity index (χ1) is 7.22. The molecule has 1 aromatic carbocycles. The molecule has 1 N–H and O–H groups in total. The molecule has 0 spiro atoms. The van der Waals surface area contributed by atoms with Crippen LogP contribution in [0.3, 0.4) is 0 Å². The predicted molar refractivity (Wildman–Crippen MR) is 58.6 cm³/mol. The van der Waals surface area contributed by atoms with Gasteiger partial charge in [0.2, 0.25) is 0 Å². The SMILES string of the molecule is COCC(Cc1ccccc1)OC(C)O. The van der Waals surface area contributed by atoms with E-state index in [0.717, 1.165) is 6.42 Å². The Balaban J connectivity index is 2.50. The van der Waals surface area contributed by atoms with E-state index in [2.05, 4.69) is 0 Å². The fourth-order valence-corrected chi connectivity index (χ4v) is 1.49. The Labute approximate surface area is 90.6 Å². The van der Waals surface area contributed by atoms with E-state index in [1.54, 1.807) is 14.0 Å². The molecule has 3 heteroatoms. The highest BCUT2D eigenvalue weighted by Gasteiger charge is 2.12. The highest BCUT2D eigenvalue weighted by Crippen LogP contribution is 2.07. The third-order valence-electron chi connectivity index (χ3n) is 2.05. The minimum atomic E-state index is -0.756. The maximum Gasteiger partial charge on any atom is 0.152 e. The van der Waals surface area contributed by atoms with Gasteiger partial charge in [-0.05, 0) is 12.5 Å². The van der Waals surface area contributed by atoms with Crippen LogP contribution in [0, 0.1) is 0 Å². The minimum absolute atomic E-state index is 0.0996. The number of methoxy groups -OCH3 is 1. The third kappa shape index (κ3) is 4.93. The van der Waals surface area contributed by atoms with E-state index in [4.69, 9.17) is 14.6 Å². The average Bonchev–Trinajstić information content (AvgIpc) is 2.18. The maximum atomic E-state index is 9.15. The minimum Gasteiger partial charge on any atom is -0.382 e. The molecule has 1 aromatic rings. The fraction of sp³-hybridized carbons (Fsp3) is 0.500. The van der Waals surface area contributed by atoms with Gasteiger partial charge in [0.25, 0.3) is 0 Å². The van der Waals surface area contributed by atoms with Gasteiger partial charge in [0, 0.05) is 13.5 Å². The number of aliphatic hydroxyl groups is 1. The largest absolute Gasteiger partial charge is 0.382 e. The molecule has 0 aliphatic carbocycles. The van der Waals surface area contributed by atoms with Gasteiger partial charge < -0.3 is 14.6 Å². The molecular weight excluding hydrogens is 192 g/mol. The summed E-state index contributed by atoms with van der Waals surface area (Å²) in [5.74, 6) is 0. The lowest BCUT2D eigenvalue weighted by Gasteiger charge is -2.18. The molecule has 0 saturated carbocycles. The van der Waals surface area contributed by atoms with E-state index in [1.165, 1.54) is 5.56 Å². The Morgan fingerprint density at radius 2 is 1.93 bits per heavy atom. The molecule has 0 amide bonds. The molecule has 2 unspecified atom stereocenters. The van der Waals surface area contributed by atoms with Crippen molar-refractivity contribution < 1.29 is 14.6 Å². The van der Waals surface area contributed by atoms with Crippen LogP contribution < -0.4 is 0 Å². The number of aliphatic hydroxyl groups excluding tert-OH is 1. The number of benzene rings is 1. The van der Waals surface area contributed by atoms with E-state index in [-0.39, 0.29) is 6.10 Å². The van der Waals surface area contributed by atoms with E-state index in [1.807, 2.05) is 30.3 Å². The normalized spacial score (nSPS) is 14.9. The zero-order valence-corrected chi connectivity index (χ0v) is 9.22. The molecule has 3 nitrogen and oxygen atoms in total. The second kappa shape index (κ2) is 6.56. The van der Waals surface area contributed by atoms with Crippen LogP contribution in [0.4, 0.5) is 0 Å². The van der Waals surface area contributed by atoms with Crippen LogP contribution >= 0.6 is 0 Å². The number of ether oxygens (including phenoxy) is 2. The zero-order chi connectivity index (χ0) is 11.1. The van der Waals surface area contributed by atoms with Crippen molar-refractivity contribution in [2.45, 2.75) is 25.7 Å². The first-order valence-corrected chi connectivity index (χ1v) is 5.08. The van der Waals surface area contributed by atoms with Crippen molar-refractivity contribution in [2.24, 2.45) is 0 Å². The van der Waals surface area contributed by atoms with Gasteiger partial charge >= 0.3 is 0 Å². The molecule has 0 aliphatic rings. The molecule has 0 bridgehead atoms. The molecule has 0 saturated heterocycles. The zero-order valence-electron chi connectivity index (χ0n) is 9.22. The Hall–Kier alpha value is -0.900. The summed E-state index contributed by atoms with van der Waals surface area (Å²) in [6.07, 6.45) is -0.106. The average molecular weight is 210 g/mol. The van der Waals surface area contributed by atoms with Crippen LogP contribution in [-0.2, 0) is 15.9 Å². The number of hydrogen-bond donors (Lipinski definition) is 1. The summed E-state index contributed by atoms with van der Waals surface area (Å²) in [7, 11) is 1.63. The summed E-state index contributed by atoms with van der Waals surface area (Å²) in [5.41, 5.74) is 1.18. The lowest BCUT2D eigenvalue weighted by Crippen LogP contribution is -2.26. The summed E-state index contributed by atoms with van der Waals surface area (Å²) in [5, 5.41) is 9.15. The van der Waals surface area contributed by atoms with E-state index in [9.17, 15) is 0 Å². The van der Waals surface area contributed by atoms with E-state index in [0.29, 0.717) is 6.61 Å². The van der Waals surface area contributed by atoms with Crippen molar-refractivity contribution in [3.8, 4) is 0 Å². The smallest absolute Gasteiger partial charge is 0.152 e. The van der Waals surface area contributed by atoms with Gasteiger partial charge in [-0.3, -0.25) is 0 Å². The van der Waals surface area contributed by atoms with Gasteiger partial charge in [-0.25, -0.2) is 0 Å². The van der Waals surface area contributed by atoms with Gasteiger partial charge in [0.1, 0.15) is 0 Å². The highest BCUT2D eigenvalue weighted by atomic mass is 16.6. The molecule has 0 radical (unpaired) electrons. The van der Waals surface area contributed by atoms with Crippen molar-refractivity contribution in [1.82, 2.24) is 0 Å². The summed E-state index contributed by atoms with van der Waals surface area (Å²) in [6, 6.07) is 10.0. The summed E-state index contributed by atoms with van der Waals surface area (Å²) in [4.78, 5) is 0. The Morgan fingerprint density at radius 1 is 1.27 bits per heavy atom. The molecule has 1 rings (SSSR count). The second-order valence-electron chi connectivity index (χ2n) is 3.50. The first kappa shape index (κ1) is 12.2. The van der Waals surface area contributed by atoms with Crippen LogP contribution in [0.15, 0.2) is 30.3 Å². The van der Waals surface area contributed by atoms with Crippen LogP contribution in [0.2, 0.25) is 0 Å². The Morgan fingerprint density at radius 3 is 2.47 bits per heavy atom. The second-order valence-corrected chi connectivity index (χ2v) is 3.50. The Kier molecular flexibility index (Phi) is 5.32. The summed E-state index contributed by atoms with van der Waals surface area (Å²) < 4.78 is 10.4. The third-order valence-corrected chi connectivity index (χ3v) is 2.05. The van der Waals surface area contributed by atoms with Crippen molar-refractivity contribution in [1.29, 1.82) is 0 Å². The van der Waals surface area contributed by atoms with Gasteiger partial charge in [0.05, 0.1) is 12.7 Å². The standard InChI is InChI=1S/C12H18O3/c1-10(13)15-12(9-14-2)8-11-6-4-3-5-7-11/h3-7,10,12-13H,8-9H2,1-2H3. The van der Waals surface area contributed by atoms with Gasteiger partial charge in [-0.15, -0.1) is 0 Å². The van der Waals surface area contributed by atoms with Crippen molar-refractivity contribution in [2.75, 3.05) is 13.7 Å². The molecule has 0 aromatic heterocycles. The lowest BCUT2D eigenvalue weighted by molar-refractivity contribution is -0.138. The Bertz CT molecular complexity index is 259. The fourth-order valence-electron chi connectivity index (χ4n) is 1.49. The molecule has 15 heavy (non-hydrogen) atoms. The van der Waals surface area contributed by atoms with Gasteiger partial charge in [0.15, 0.2) is 6.29 Å². The van der Waals surface area contributed by atoms with Crippen LogP contribution in [0.1, 0.15) is 12.5 Å². The topological polar surface area (TPSA) is 38.7 Å². The first-order valence-electron chi connectivity index (χ1n) is 5.08. The highest BCUT2D eigenvalue weighted by molar-refractivity contribution is 5.15. The molecule has 84 valence electrons. The van der Waals surface area contributed by atoms with Crippen molar-refractivity contribution >= 4 is 0 Å². The molecule has 2 atom stereocenters. The predicted octanol–water partition coefficient (Wildman–Crippen LogP) is 1.60. The lowest BCUT2D eigenvalue weighted by atomic mass is 10.1. The molecular formula is C12H18O3. The number of rotatable bonds is 6. The molecule has 0 heterocycles.